The first-order valence-electron chi connectivity index (χ1n) is 7.12. The van der Waals surface area contributed by atoms with Crippen molar-refractivity contribution in [2.45, 2.75) is 39.2 Å². The predicted molar refractivity (Wildman–Crippen MR) is 82.9 cm³/mol. The van der Waals surface area contributed by atoms with Crippen LogP contribution in [0, 0.1) is 18.3 Å². The summed E-state index contributed by atoms with van der Waals surface area (Å²) in [6.07, 6.45) is 3.06. The van der Waals surface area contributed by atoms with Gasteiger partial charge in [0.05, 0.1) is 11.6 Å². The Labute approximate surface area is 130 Å². The van der Waals surface area contributed by atoms with Gasteiger partial charge in [0.1, 0.15) is 18.4 Å². The standard InChI is InChI=1S/C17H19N3O2/c1-11-7-14(17(2,3)4)15(8-12(11)9-18)22-10-13-5-6-16(21)20-19-13/h5-8,13H,10H2,1-4H3. The molecule has 0 saturated heterocycles. The molecule has 114 valence electrons. The van der Waals surface area contributed by atoms with Gasteiger partial charge in [-0.2, -0.15) is 10.4 Å². The molecule has 2 rings (SSSR count). The van der Waals surface area contributed by atoms with Crippen LogP contribution in [0.1, 0.15) is 37.5 Å². The van der Waals surface area contributed by atoms with Crippen molar-refractivity contribution in [2.75, 3.05) is 6.61 Å². The summed E-state index contributed by atoms with van der Waals surface area (Å²) in [4.78, 5) is 11.0. The lowest BCUT2D eigenvalue weighted by Gasteiger charge is -2.24. The monoisotopic (exact) mass is 297 g/mol. The maximum atomic E-state index is 11.0. The van der Waals surface area contributed by atoms with Crippen LogP contribution in [0.4, 0.5) is 0 Å². The number of carbonyl (C=O) groups excluding carboxylic acids is 1. The number of nitrogens with zero attached hydrogens (tertiary/aromatic N) is 3. The van der Waals surface area contributed by atoms with E-state index in [1.54, 1.807) is 12.1 Å². The van der Waals surface area contributed by atoms with Gasteiger partial charge >= 0.3 is 0 Å². The third-order valence-electron chi connectivity index (χ3n) is 3.43. The molecule has 0 radical (unpaired) electrons. The second-order valence-electron chi connectivity index (χ2n) is 6.32. The van der Waals surface area contributed by atoms with Gasteiger partial charge in [-0.05, 0) is 35.6 Å². The van der Waals surface area contributed by atoms with Gasteiger partial charge in [0.2, 0.25) is 0 Å². The Balaban J connectivity index is 2.26. The topological polar surface area (TPSA) is 74.8 Å². The first-order chi connectivity index (χ1) is 10.3. The Morgan fingerprint density at radius 2 is 2.09 bits per heavy atom. The van der Waals surface area contributed by atoms with E-state index < -0.39 is 0 Å². The number of aryl methyl sites for hydroxylation is 1. The molecule has 22 heavy (non-hydrogen) atoms. The normalized spacial score (nSPS) is 17.4. The van der Waals surface area contributed by atoms with Crippen LogP contribution in [-0.2, 0) is 10.2 Å². The number of carbonyl (C=O) groups is 1. The largest absolute Gasteiger partial charge is 0.491 e. The molecule has 1 aromatic rings. The molecule has 1 heterocycles. The number of hydrogen-bond donors (Lipinski definition) is 0. The number of ether oxygens (including phenoxy) is 1. The molecule has 1 unspecified atom stereocenters. The minimum atomic E-state index is -0.353. The van der Waals surface area contributed by atoms with E-state index in [4.69, 9.17) is 4.74 Å². The zero-order valence-corrected chi connectivity index (χ0v) is 13.3. The van der Waals surface area contributed by atoms with Gasteiger partial charge < -0.3 is 4.74 Å². The summed E-state index contributed by atoms with van der Waals surface area (Å²) in [5.41, 5.74) is 2.46. The van der Waals surface area contributed by atoms with E-state index in [-0.39, 0.29) is 24.0 Å². The Morgan fingerprint density at radius 1 is 1.36 bits per heavy atom. The molecule has 0 spiro atoms. The quantitative estimate of drug-likeness (QED) is 0.857. The molecular formula is C17H19N3O2. The van der Waals surface area contributed by atoms with Gasteiger partial charge in [-0.15, -0.1) is 5.11 Å². The van der Waals surface area contributed by atoms with E-state index in [9.17, 15) is 10.1 Å². The minimum Gasteiger partial charge on any atom is -0.491 e. The van der Waals surface area contributed by atoms with Crippen LogP contribution in [0.25, 0.3) is 0 Å². The van der Waals surface area contributed by atoms with Gasteiger partial charge in [0.15, 0.2) is 0 Å². The second-order valence-corrected chi connectivity index (χ2v) is 6.32. The highest BCUT2D eigenvalue weighted by molar-refractivity contribution is 5.88. The highest BCUT2D eigenvalue weighted by atomic mass is 16.5. The van der Waals surface area contributed by atoms with Crippen molar-refractivity contribution >= 4 is 5.91 Å². The van der Waals surface area contributed by atoms with Crippen LogP contribution in [0.2, 0.25) is 0 Å². The lowest BCUT2D eigenvalue weighted by molar-refractivity contribution is -0.114. The third kappa shape index (κ3) is 3.59. The van der Waals surface area contributed by atoms with Crippen LogP contribution in [-0.4, -0.2) is 18.6 Å². The molecule has 0 N–H and O–H groups in total. The summed E-state index contributed by atoms with van der Waals surface area (Å²) in [5.74, 6) is 0.323. The maximum Gasteiger partial charge on any atom is 0.287 e. The fourth-order valence-corrected chi connectivity index (χ4v) is 2.17. The van der Waals surface area contributed by atoms with Crippen molar-refractivity contribution in [1.82, 2.24) is 0 Å². The number of rotatable bonds is 3. The third-order valence-corrected chi connectivity index (χ3v) is 3.43. The highest BCUT2D eigenvalue weighted by Crippen LogP contribution is 2.34. The SMILES string of the molecule is Cc1cc(C(C)(C)C)c(OCC2C=CC(=O)N=N2)cc1C#N. The smallest absolute Gasteiger partial charge is 0.287 e. The fourth-order valence-electron chi connectivity index (χ4n) is 2.17. The van der Waals surface area contributed by atoms with Gasteiger partial charge in [-0.3, -0.25) is 4.79 Å². The zero-order chi connectivity index (χ0) is 16.3. The first-order valence-corrected chi connectivity index (χ1v) is 7.12. The predicted octanol–water partition coefficient (Wildman–Crippen LogP) is 3.46. The number of hydrogen-bond acceptors (Lipinski definition) is 4. The van der Waals surface area contributed by atoms with Gasteiger partial charge in [-0.25, -0.2) is 0 Å². The molecule has 1 amide bonds. The molecule has 0 bridgehead atoms. The Morgan fingerprint density at radius 3 is 2.64 bits per heavy atom. The summed E-state index contributed by atoms with van der Waals surface area (Å²) in [5, 5.41) is 16.6. The molecule has 1 aromatic carbocycles. The van der Waals surface area contributed by atoms with E-state index >= 15 is 0 Å². The summed E-state index contributed by atoms with van der Waals surface area (Å²) in [6.45, 7) is 8.49. The van der Waals surface area contributed by atoms with Crippen LogP contribution in [0.5, 0.6) is 5.75 Å². The average Bonchev–Trinajstić information content (AvgIpc) is 2.46. The number of nitriles is 1. The lowest BCUT2D eigenvalue weighted by atomic mass is 9.84. The number of amides is 1. The van der Waals surface area contributed by atoms with Gasteiger partial charge in [0, 0.05) is 6.08 Å². The summed E-state index contributed by atoms with van der Waals surface area (Å²) >= 11 is 0. The maximum absolute atomic E-state index is 11.0. The lowest BCUT2D eigenvalue weighted by Crippen LogP contribution is -2.19. The van der Waals surface area contributed by atoms with Crippen LogP contribution in [0.15, 0.2) is 34.5 Å². The molecular weight excluding hydrogens is 278 g/mol. The van der Waals surface area contributed by atoms with Crippen molar-refractivity contribution in [1.29, 1.82) is 5.26 Å². The van der Waals surface area contributed by atoms with Crippen molar-refractivity contribution < 1.29 is 9.53 Å². The van der Waals surface area contributed by atoms with E-state index in [1.165, 1.54) is 6.08 Å². The first kappa shape index (κ1) is 15.9. The van der Waals surface area contributed by atoms with E-state index in [1.807, 2.05) is 13.0 Å². The van der Waals surface area contributed by atoms with E-state index in [2.05, 4.69) is 37.1 Å². The second kappa shape index (κ2) is 6.10. The van der Waals surface area contributed by atoms with Crippen molar-refractivity contribution in [3.8, 4) is 11.8 Å². The molecule has 0 aromatic heterocycles. The van der Waals surface area contributed by atoms with Crippen molar-refractivity contribution in [3.63, 3.8) is 0 Å². The summed E-state index contributed by atoms with van der Waals surface area (Å²) in [6, 6.07) is 5.66. The minimum absolute atomic E-state index is 0.103. The molecule has 1 aliphatic rings. The van der Waals surface area contributed by atoms with Crippen LogP contribution >= 0.6 is 0 Å². The van der Waals surface area contributed by atoms with Gasteiger partial charge in [-0.1, -0.05) is 26.8 Å². The summed E-state index contributed by atoms with van der Waals surface area (Å²) in [7, 11) is 0. The van der Waals surface area contributed by atoms with E-state index in [0.717, 1.165) is 11.1 Å². The molecule has 1 aliphatic heterocycles. The van der Waals surface area contributed by atoms with Crippen molar-refractivity contribution in [3.05, 3.63) is 41.0 Å². The Hall–Kier alpha value is -2.48. The Kier molecular flexibility index (Phi) is 4.41. The highest BCUT2D eigenvalue weighted by Gasteiger charge is 2.21. The number of azo groups is 1. The molecule has 5 heteroatoms. The zero-order valence-electron chi connectivity index (χ0n) is 13.3. The van der Waals surface area contributed by atoms with Crippen LogP contribution in [0.3, 0.4) is 0 Å². The fraction of sp³-hybridized carbons (Fsp3) is 0.412. The van der Waals surface area contributed by atoms with E-state index in [0.29, 0.717) is 11.3 Å². The molecule has 0 fully saturated rings. The molecule has 1 atom stereocenters. The number of benzene rings is 1. The summed E-state index contributed by atoms with van der Waals surface area (Å²) < 4.78 is 5.87. The molecule has 0 aliphatic carbocycles. The Bertz CT molecular complexity index is 675. The van der Waals surface area contributed by atoms with Gasteiger partial charge in [0.25, 0.3) is 5.91 Å². The average molecular weight is 297 g/mol. The molecule has 0 saturated carbocycles. The molecule has 5 nitrogen and oxygen atoms in total. The van der Waals surface area contributed by atoms with Crippen molar-refractivity contribution in [2.24, 2.45) is 10.2 Å². The van der Waals surface area contributed by atoms with Crippen LogP contribution < -0.4 is 4.74 Å².